The number of fused-ring (bicyclic) bond motifs is 1. The number of hydrogen-bond donors (Lipinski definition) is 1. The van der Waals surface area contributed by atoms with Crippen LogP contribution < -0.4 is 5.73 Å². The Morgan fingerprint density at radius 3 is 2.80 bits per heavy atom. The lowest BCUT2D eigenvalue weighted by molar-refractivity contribution is -0.184. The molecule has 4 unspecified atom stereocenters. The summed E-state index contributed by atoms with van der Waals surface area (Å²) in [6, 6.07) is 0. The first-order valence-electron chi connectivity index (χ1n) is 7.70. The van der Waals surface area contributed by atoms with E-state index in [-0.39, 0.29) is 29.4 Å². The minimum absolute atomic E-state index is 0.0869. The number of nitrogens with zero attached hydrogens (tertiary/aromatic N) is 1. The van der Waals surface area contributed by atoms with Crippen LogP contribution in [-0.4, -0.2) is 54.9 Å². The van der Waals surface area contributed by atoms with Crippen molar-refractivity contribution in [3.8, 4) is 0 Å². The number of carbonyl (C=O) groups is 1. The number of ether oxygens (including phenoxy) is 2. The van der Waals surface area contributed by atoms with Crippen molar-refractivity contribution < 1.29 is 14.3 Å². The monoisotopic (exact) mass is 282 g/mol. The molecular formula is C15H26N2O3. The smallest absolute Gasteiger partial charge is 0.243 e. The average Bonchev–Trinajstić information content (AvgIpc) is 2.79. The summed E-state index contributed by atoms with van der Waals surface area (Å²) in [7, 11) is 0. The third-order valence-electron chi connectivity index (χ3n) is 5.55. The van der Waals surface area contributed by atoms with E-state index < -0.39 is 5.54 Å². The second-order valence-corrected chi connectivity index (χ2v) is 7.06. The SMILES string of the molecule is CC1CN(C(=O)C2(N)C3CCOC3C2(C)C)CCCO1. The largest absolute Gasteiger partial charge is 0.377 e. The van der Waals surface area contributed by atoms with E-state index in [4.69, 9.17) is 15.2 Å². The number of carbonyl (C=O) groups excluding carboxylic acids is 1. The maximum absolute atomic E-state index is 13.0. The molecule has 114 valence electrons. The molecule has 0 aromatic rings. The van der Waals surface area contributed by atoms with Crippen molar-refractivity contribution in [3.05, 3.63) is 0 Å². The van der Waals surface area contributed by atoms with Crippen LogP contribution in [0.25, 0.3) is 0 Å². The first kappa shape index (κ1) is 14.3. The van der Waals surface area contributed by atoms with E-state index in [1.807, 2.05) is 11.8 Å². The molecule has 1 amide bonds. The molecule has 2 N–H and O–H groups in total. The topological polar surface area (TPSA) is 64.8 Å². The van der Waals surface area contributed by atoms with Crippen molar-refractivity contribution in [2.24, 2.45) is 17.1 Å². The van der Waals surface area contributed by atoms with Crippen molar-refractivity contribution in [2.75, 3.05) is 26.3 Å². The van der Waals surface area contributed by atoms with E-state index >= 15 is 0 Å². The Hall–Kier alpha value is -0.650. The molecule has 3 fully saturated rings. The average molecular weight is 282 g/mol. The van der Waals surface area contributed by atoms with Gasteiger partial charge in [-0.25, -0.2) is 0 Å². The zero-order valence-corrected chi connectivity index (χ0v) is 12.7. The predicted octanol–water partition coefficient (Wildman–Crippen LogP) is 0.766. The summed E-state index contributed by atoms with van der Waals surface area (Å²) in [5.41, 5.74) is 5.56. The Bertz CT molecular complexity index is 412. The summed E-state index contributed by atoms with van der Waals surface area (Å²) in [6.07, 6.45) is 2.01. The molecule has 5 heteroatoms. The van der Waals surface area contributed by atoms with Gasteiger partial charge in [0.25, 0.3) is 0 Å². The van der Waals surface area contributed by atoms with Crippen molar-refractivity contribution in [2.45, 2.75) is 51.4 Å². The number of rotatable bonds is 1. The van der Waals surface area contributed by atoms with Crippen LogP contribution >= 0.6 is 0 Å². The highest BCUT2D eigenvalue weighted by atomic mass is 16.5. The molecule has 0 aromatic heterocycles. The molecule has 2 heterocycles. The van der Waals surface area contributed by atoms with Crippen LogP contribution in [0, 0.1) is 11.3 Å². The van der Waals surface area contributed by atoms with Gasteiger partial charge in [0.15, 0.2) is 0 Å². The molecular weight excluding hydrogens is 256 g/mol. The summed E-state index contributed by atoms with van der Waals surface area (Å²) < 4.78 is 11.4. The van der Waals surface area contributed by atoms with Crippen LogP contribution in [0.15, 0.2) is 0 Å². The molecule has 0 spiro atoms. The number of amides is 1. The summed E-state index contributed by atoms with van der Waals surface area (Å²) in [4.78, 5) is 15.0. The Balaban J connectivity index is 1.82. The van der Waals surface area contributed by atoms with Crippen molar-refractivity contribution >= 4 is 5.91 Å². The van der Waals surface area contributed by atoms with E-state index in [2.05, 4.69) is 13.8 Å². The quantitative estimate of drug-likeness (QED) is 0.771. The van der Waals surface area contributed by atoms with Gasteiger partial charge in [-0.05, 0) is 19.8 Å². The maximum Gasteiger partial charge on any atom is 0.243 e. The molecule has 0 radical (unpaired) electrons. The van der Waals surface area contributed by atoms with Crippen molar-refractivity contribution in [3.63, 3.8) is 0 Å². The van der Waals surface area contributed by atoms with E-state index in [0.29, 0.717) is 6.54 Å². The van der Waals surface area contributed by atoms with Crippen LogP contribution in [-0.2, 0) is 14.3 Å². The van der Waals surface area contributed by atoms with Gasteiger partial charge in [-0.1, -0.05) is 13.8 Å². The molecule has 2 saturated heterocycles. The fourth-order valence-corrected chi connectivity index (χ4v) is 4.26. The van der Waals surface area contributed by atoms with E-state index in [9.17, 15) is 4.79 Å². The van der Waals surface area contributed by atoms with Crippen molar-refractivity contribution in [1.29, 1.82) is 0 Å². The van der Waals surface area contributed by atoms with Gasteiger partial charge in [0.05, 0.1) is 12.2 Å². The minimum Gasteiger partial charge on any atom is -0.377 e. The molecule has 5 nitrogen and oxygen atoms in total. The zero-order valence-electron chi connectivity index (χ0n) is 12.7. The Kier molecular flexibility index (Phi) is 3.35. The van der Waals surface area contributed by atoms with Crippen LogP contribution in [0.5, 0.6) is 0 Å². The minimum atomic E-state index is -0.780. The lowest BCUT2D eigenvalue weighted by Gasteiger charge is -2.61. The van der Waals surface area contributed by atoms with Gasteiger partial charge in [0, 0.05) is 37.6 Å². The Labute approximate surface area is 120 Å². The van der Waals surface area contributed by atoms with Gasteiger partial charge < -0.3 is 20.1 Å². The van der Waals surface area contributed by atoms with Gasteiger partial charge in [0.2, 0.25) is 5.91 Å². The van der Waals surface area contributed by atoms with E-state index in [1.165, 1.54) is 0 Å². The van der Waals surface area contributed by atoms with E-state index in [1.54, 1.807) is 0 Å². The van der Waals surface area contributed by atoms with Crippen LogP contribution in [0.2, 0.25) is 0 Å². The van der Waals surface area contributed by atoms with Gasteiger partial charge >= 0.3 is 0 Å². The molecule has 2 aliphatic heterocycles. The van der Waals surface area contributed by atoms with Gasteiger partial charge in [-0.2, -0.15) is 0 Å². The van der Waals surface area contributed by atoms with Crippen LogP contribution in [0.3, 0.4) is 0 Å². The normalized spacial score (nSPS) is 43.6. The second-order valence-electron chi connectivity index (χ2n) is 7.06. The third kappa shape index (κ3) is 1.76. The molecule has 0 aromatic carbocycles. The molecule has 0 bridgehead atoms. The fourth-order valence-electron chi connectivity index (χ4n) is 4.26. The summed E-state index contributed by atoms with van der Waals surface area (Å²) in [5.74, 6) is 0.260. The predicted molar refractivity (Wildman–Crippen MR) is 75.2 cm³/mol. The summed E-state index contributed by atoms with van der Waals surface area (Å²) in [6.45, 7) is 8.99. The Morgan fingerprint density at radius 2 is 2.05 bits per heavy atom. The number of nitrogens with two attached hydrogens (primary N) is 1. The fraction of sp³-hybridized carbons (Fsp3) is 0.933. The first-order chi connectivity index (χ1) is 9.39. The first-order valence-corrected chi connectivity index (χ1v) is 7.70. The molecule has 1 saturated carbocycles. The molecule has 4 atom stereocenters. The molecule has 1 aliphatic carbocycles. The lowest BCUT2D eigenvalue weighted by Crippen LogP contribution is -2.80. The van der Waals surface area contributed by atoms with Crippen LogP contribution in [0.4, 0.5) is 0 Å². The zero-order chi connectivity index (χ0) is 14.5. The maximum atomic E-state index is 13.0. The highest BCUT2D eigenvalue weighted by Crippen LogP contribution is 2.58. The van der Waals surface area contributed by atoms with Crippen molar-refractivity contribution in [1.82, 2.24) is 4.90 Å². The lowest BCUT2D eigenvalue weighted by atomic mass is 9.47. The van der Waals surface area contributed by atoms with E-state index in [0.717, 1.165) is 32.6 Å². The molecule has 20 heavy (non-hydrogen) atoms. The molecule has 3 rings (SSSR count). The highest BCUT2D eigenvalue weighted by Gasteiger charge is 2.71. The third-order valence-corrected chi connectivity index (χ3v) is 5.55. The van der Waals surface area contributed by atoms with Crippen LogP contribution in [0.1, 0.15) is 33.6 Å². The number of hydrogen-bond acceptors (Lipinski definition) is 4. The Morgan fingerprint density at radius 1 is 1.30 bits per heavy atom. The standard InChI is InChI=1S/C15H26N2O3/c1-10-9-17(6-4-7-19-10)13(18)15(16)11-5-8-20-12(11)14(15,2)3/h10-12H,4-9,16H2,1-3H3. The molecule has 3 aliphatic rings. The second kappa shape index (κ2) is 4.68. The summed E-state index contributed by atoms with van der Waals surface area (Å²) >= 11 is 0. The van der Waals surface area contributed by atoms with Gasteiger partial charge in [-0.3, -0.25) is 4.79 Å². The summed E-state index contributed by atoms with van der Waals surface area (Å²) in [5, 5.41) is 0. The van der Waals surface area contributed by atoms with Gasteiger partial charge in [0.1, 0.15) is 5.54 Å². The van der Waals surface area contributed by atoms with Gasteiger partial charge in [-0.15, -0.1) is 0 Å². The highest BCUT2D eigenvalue weighted by molar-refractivity contribution is 5.89.